The van der Waals surface area contributed by atoms with E-state index in [0.29, 0.717) is 5.95 Å². The summed E-state index contributed by atoms with van der Waals surface area (Å²) in [4.78, 5) is 6.96. The molecule has 29 heavy (non-hydrogen) atoms. The van der Waals surface area contributed by atoms with Gasteiger partial charge in [0.2, 0.25) is 12.7 Å². The zero-order valence-electron chi connectivity index (χ0n) is 16.1. The lowest BCUT2D eigenvalue weighted by Gasteiger charge is -2.32. The zero-order chi connectivity index (χ0) is 19.5. The third kappa shape index (κ3) is 4.08. The van der Waals surface area contributed by atoms with Crippen molar-refractivity contribution in [3.8, 4) is 11.5 Å². The van der Waals surface area contributed by atoms with Gasteiger partial charge in [0.25, 0.3) is 0 Å². The molecule has 2 aliphatic rings. The molecule has 7 nitrogen and oxygen atoms in total. The Hall–Kier alpha value is -3.35. The predicted octanol–water partition coefficient (Wildman–Crippen LogP) is 3.80. The quantitative estimate of drug-likeness (QED) is 0.711. The summed E-state index contributed by atoms with van der Waals surface area (Å²) in [6, 6.07) is 16.4. The number of ether oxygens (including phenoxy) is 2. The number of hydrogen-bond acceptors (Lipinski definition) is 7. The first-order valence-corrected chi connectivity index (χ1v) is 9.99. The van der Waals surface area contributed by atoms with Crippen LogP contribution in [0.2, 0.25) is 0 Å². The molecule has 0 saturated carbocycles. The fourth-order valence-electron chi connectivity index (χ4n) is 3.92. The Kier molecular flexibility index (Phi) is 4.86. The molecule has 1 aromatic heterocycles. The molecule has 0 unspecified atom stereocenters. The van der Waals surface area contributed by atoms with Crippen LogP contribution in [-0.4, -0.2) is 35.1 Å². The molecule has 0 aliphatic carbocycles. The smallest absolute Gasteiger partial charge is 0.249 e. The van der Waals surface area contributed by atoms with Crippen molar-refractivity contribution in [1.29, 1.82) is 0 Å². The Morgan fingerprint density at radius 3 is 2.69 bits per heavy atom. The summed E-state index contributed by atoms with van der Waals surface area (Å²) < 4.78 is 10.8. The average molecular weight is 389 g/mol. The third-order valence-corrected chi connectivity index (χ3v) is 5.48. The molecule has 0 bridgehead atoms. The summed E-state index contributed by atoms with van der Waals surface area (Å²) in [5.74, 6) is 3.53. The molecular formula is C22H23N5O2. The van der Waals surface area contributed by atoms with Gasteiger partial charge in [-0.2, -0.15) is 10.1 Å². The van der Waals surface area contributed by atoms with Crippen molar-refractivity contribution in [3.63, 3.8) is 0 Å². The summed E-state index contributed by atoms with van der Waals surface area (Å²) >= 11 is 0. The number of nitrogens with one attached hydrogen (secondary N) is 1. The van der Waals surface area contributed by atoms with Crippen molar-refractivity contribution in [3.05, 3.63) is 60.3 Å². The highest BCUT2D eigenvalue weighted by Crippen LogP contribution is 2.35. The van der Waals surface area contributed by atoms with E-state index in [2.05, 4.69) is 55.7 Å². The Balaban J connectivity index is 1.21. The van der Waals surface area contributed by atoms with Gasteiger partial charge < -0.3 is 19.7 Å². The lowest BCUT2D eigenvalue weighted by atomic mass is 9.90. The molecule has 5 rings (SSSR count). The first-order valence-electron chi connectivity index (χ1n) is 9.99. The van der Waals surface area contributed by atoms with E-state index in [-0.39, 0.29) is 6.79 Å². The Labute approximate surface area is 169 Å². The SMILES string of the molecule is c1ccc(CC2CCN(c3cnnc(Nc4ccc5c(c4)OCO5)n3)CC2)cc1. The highest BCUT2D eigenvalue weighted by atomic mass is 16.7. The van der Waals surface area contributed by atoms with Crippen molar-refractivity contribution < 1.29 is 9.47 Å². The number of piperidine rings is 1. The van der Waals surface area contributed by atoms with Crippen LogP contribution in [0.3, 0.4) is 0 Å². The fourth-order valence-corrected chi connectivity index (χ4v) is 3.92. The van der Waals surface area contributed by atoms with Crippen molar-refractivity contribution in [2.24, 2.45) is 5.92 Å². The number of rotatable bonds is 5. The van der Waals surface area contributed by atoms with Gasteiger partial charge in [-0.25, -0.2) is 0 Å². The van der Waals surface area contributed by atoms with Crippen LogP contribution in [0.1, 0.15) is 18.4 Å². The largest absolute Gasteiger partial charge is 0.454 e. The Bertz CT molecular complexity index is 974. The molecule has 0 spiro atoms. The van der Waals surface area contributed by atoms with E-state index in [1.807, 2.05) is 18.2 Å². The summed E-state index contributed by atoms with van der Waals surface area (Å²) in [5, 5.41) is 11.5. The topological polar surface area (TPSA) is 72.4 Å². The highest BCUT2D eigenvalue weighted by Gasteiger charge is 2.21. The lowest BCUT2D eigenvalue weighted by molar-refractivity contribution is 0.174. The lowest BCUT2D eigenvalue weighted by Crippen LogP contribution is -2.35. The van der Waals surface area contributed by atoms with Crippen LogP contribution in [0.4, 0.5) is 17.5 Å². The van der Waals surface area contributed by atoms with Gasteiger partial charge in [-0.1, -0.05) is 30.3 Å². The van der Waals surface area contributed by atoms with Gasteiger partial charge in [-0.15, -0.1) is 5.10 Å². The van der Waals surface area contributed by atoms with Gasteiger partial charge in [0.15, 0.2) is 17.3 Å². The minimum Gasteiger partial charge on any atom is -0.454 e. The molecule has 3 aromatic rings. The van der Waals surface area contributed by atoms with E-state index >= 15 is 0 Å². The van der Waals surface area contributed by atoms with Crippen LogP contribution < -0.4 is 19.7 Å². The summed E-state index contributed by atoms with van der Waals surface area (Å²) in [6.45, 7) is 2.23. The second-order valence-electron chi connectivity index (χ2n) is 7.45. The maximum Gasteiger partial charge on any atom is 0.249 e. The average Bonchev–Trinajstić information content (AvgIpc) is 3.23. The molecule has 0 atom stereocenters. The molecule has 7 heteroatoms. The van der Waals surface area contributed by atoms with Gasteiger partial charge in [-0.05, 0) is 42.9 Å². The van der Waals surface area contributed by atoms with E-state index in [1.165, 1.54) is 5.56 Å². The van der Waals surface area contributed by atoms with E-state index in [0.717, 1.165) is 61.3 Å². The van der Waals surface area contributed by atoms with Crippen LogP contribution in [0, 0.1) is 5.92 Å². The number of anilines is 3. The van der Waals surface area contributed by atoms with Crippen LogP contribution >= 0.6 is 0 Å². The van der Waals surface area contributed by atoms with Crippen molar-refractivity contribution in [2.45, 2.75) is 19.3 Å². The normalized spacial score (nSPS) is 16.1. The molecular weight excluding hydrogens is 366 g/mol. The highest BCUT2D eigenvalue weighted by molar-refractivity contribution is 5.60. The van der Waals surface area contributed by atoms with Crippen molar-refractivity contribution >= 4 is 17.5 Å². The van der Waals surface area contributed by atoms with Gasteiger partial charge in [-0.3, -0.25) is 0 Å². The molecule has 0 radical (unpaired) electrons. The number of aromatic nitrogens is 3. The standard InChI is InChI=1S/C22H23N5O2/c1-2-4-16(5-3-1)12-17-8-10-27(11-9-17)21-14-23-26-22(25-21)24-18-6-7-19-20(13-18)29-15-28-19/h1-7,13-14,17H,8-12,15H2,(H,24,25,26). The summed E-state index contributed by atoms with van der Waals surface area (Å²) in [5.41, 5.74) is 2.26. The van der Waals surface area contributed by atoms with Gasteiger partial charge in [0.1, 0.15) is 0 Å². The van der Waals surface area contributed by atoms with E-state index in [1.54, 1.807) is 6.20 Å². The van der Waals surface area contributed by atoms with E-state index < -0.39 is 0 Å². The molecule has 2 aromatic carbocycles. The molecule has 148 valence electrons. The molecule has 1 fully saturated rings. The summed E-state index contributed by atoms with van der Waals surface area (Å²) in [6.07, 6.45) is 5.20. The van der Waals surface area contributed by atoms with E-state index in [4.69, 9.17) is 9.47 Å². The maximum atomic E-state index is 5.42. The Morgan fingerprint density at radius 2 is 1.83 bits per heavy atom. The fraction of sp³-hybridized carbons (Fsp3) is 0.318. The molecule has 2 aliphatic heterocycles. The van der Waals surface area contributed by atoms with E-state index in [9.17, 15) is 0 Å². The maximum absolute atomic E-state index is 5.42. The number of hydrogen-bond donors (Lipinski definition) is 1. The zero-order valence-corrected chi connectivity index (χ0v) is 16.1. The van der Waals surface area contributed by atoms with Crippen LogP contribution in [0.15, 0.2) is 54.7 Å². The van der Waals surface area contributed by atoms with Crippen LogP contribution in [0.25, 0.3) is 0 Å². The van der Waals surface area contributed by atoms with Crippen molar-refractivity contribution in [1.82, 2.24) is 15.2 Å². The Morgan fingerprint density at radius 1 is 1.00 bits per heavy atom. The van der Waals surface area contributed by atoms with Gasteiger partial charge in [0.05, 0.1) is 6.20 Å². The monoisotopic (exact) mass is 389 g/mol. The minimum atomic E-state index is 0.257. The molecule has 0 amide bonds. The second-order valence-corrected chi connectivity index (χ2v) is 7.45. The van der Waals surface area contributed by atoms with Gasteiger partial charge in [0, 0.05) is 24.8 Å². The third-order valence-electron chi connectivity index (χ3n) is 5.48. The second kappa shape index (κ2) is 7.95. The van der Waals surface area contributed by atoms with Crippen LogP contribution in [0.5, 0.6) is 11.5 Å². The molecule has 3 heterocycles. The first kappa shape index (κ1) is 17.7. The number of fused-ring (bicyclic) bond motifs is 1. The molecule has 1 N–H and O–H groups in total. The first-order chi connectivity index (χ1) is 14.3. The van der Waals surface area contributed by atoms with Gasteiger partial charge >= 0.3 is 0 Å². The number of nitrogens with zero attached hydrogens (tertiary/aromatic N) is 4. The molecule has 1 saturated heterocycles. The predicted molar refractivity (Wildman–Crippen MR) is 111 cm³/mol. The minimum absolute atomic E-state index is 0.257. The summed E-state index contributed by atoms with van der Waals surface area (Å²) in [7, 11) is 0. The number of benzene rings is 2. The van der Waals surface area contributed by atoms with Crippen molar-refractivity contribution in [2.75, 3.05) is 30.1 Å². The van der Waals surface area contributed by atoms with Crippen LogP contribution in [-0.2, 0) is 6.42 Å².